The van der Waals surface area contributed by atoms with Crippen LogP contribution in [0.3, 0.4) is 0 Å². The van der Waals surface area contributed by atoms with Crippen LogP contribution in [0, 0.1) is 5.41 Å². The summed E-state index contributed by atoms with van der Waals surface area (Å²) >= 11 is 0. The SMILES string of the molecule is COC(CCCc1ccccc1)C12C(C)=NOC1C2c1ccc(-c2ccc(C3(C(=O)O)CC3)cc2)cc1. The van der Waals surface area contributed by atoms with Crippen LogP contribution in [0.4, 0.5) is 0 Å². The molecular formula is C32H33NO4. The monoisotopic (exact) mass is 495 g/mol. The van der Waals surface area contributed by atoms with E-state index < -0.39 is 11.4 Å². The summed E-state index contributed by atoms with van der Waals surface area (Å²) in [5, 5.41) is 13.9. The molecule has 4 atom stereocenters. The Morgan fingerprint density at radius 1 is 1.03 bits per heavy atom. The molecule has 0 amide bonds. The van der Waals surface area contributed by atoms with E-state index in [2.05, 4.69) is 66.7 Å². The fraction of sp³-hybridized carbons (Fsp3) is 0.375. The molecule has 2 aliphatic carbocycles. The Kier molecular flexibility index (Phi) is 5.91. The van der Waals surface area contributed by atoms with Crippen LogP contribution in [0.1, 0.15) is 55.2 Å². The maximum absolute atomic E-state index is 11.6. The van der Waals surface area contributed by atoms with Gasteiger partial charge in [-0.15, -0.1) is 0 Å². The third-order valence-electron chi connectivity index (χ3n) is 8.90. The Labute approximate surface area is 218 Å². The summed E-state index contributed by atoms with van der Waals surface area (Å²) in [5.74, 6) is -0.489. The highest BCUT2D eigenvalue weighted by molar-refractivity contribution is 5.95. The van der Waals surface area contributed by atoms with Gasteiger partial charge in [0.15, 0.2) is 0 Å². The molecule has 6 rings (SSSR count). The van der Waals surface area contributed by atoms with Crippen molar-refractivity contribution in [3.63, 3.8) is 0 Å². The van der Waals surface area contributed by atoms with E-state index >= 15 is 0 Å². The molecule has 0 saturated heterocycles. The van der Waals surface area contributed by atoms with Gasteiger partial charge in [-0.05, 0) is 66.8 Å². The predicted molar refractivity (Wildman–Crippen MR) is 144 cm³/mol. The first-order valence-corrected chi connectivity index (χ1v) is 13.2. The molecule has 37 heavy (non-hydrogen) atoms. The van der Waals surface area contributed by atoms with Gasteiger partial charge in [0.1, 0.15) is 6.10 Å². The smallest absolute Gasteiger partial charge is 0.314 e. The van der Waals surface area contributed by atoms with Crippen LogP contribution >= 0.6 is 0 Å². The summed E-state index contributed by atoms with van der Waals surface area (Å²) in [5.41, 5.74) is 5.86. The van der Waals surface area contributed by atoms with Crippen molar-refractivity contribution in [1.82, 2.24) is 0 Å². The number of aryl methyl sites for hydroxylation is 1. The zero-order valence-corrected chi connectivity index (χ0v) is 21.4. The van der Waals surface area contributed by atoms with Gasteiger partial charge in [0.2, 0.25) is 0 Å². The largest absolute Gasteiger partial charge is 0.481 e. The molecule has 3 aliphatic rings. The summed E-state index contributed by atoms with van der Waals surface area (Å²) in [4.78, 5) is 17.5. The van der Waals surface area contributed by atoms with Gasteiger partial charge in [-0.2, -0.15) is 0 Å². The lowest BCUT2D eigenvalue weighted by molar-refractivity contribution is -0.140. The fourth-order valence-corrected chi connectivity index (χ4v) is 6.54. The highest BCUT2D eigenvalue weighted by Crippen LogP contribution is 2.68. The Morgan fingerprint density at radius 3 is 2.27 bits per heavy atom. The number of carboxylic acid groups (broad SMARTS) is 1. The summed E-state index contributed by atoms with van der Waals surface area (Å²) in [6.07, 6.45) is 4.55. The molecule has 0 aromatic heterocycles. The van der Waals surface area contributed by atoms with Crippen LogP contribution in [0.25, 0.3) is 11.1 Å². The van der Waals surface area contributed by atoms with Gasteiger partial charge in [0.05, 0.1) is 22.6 Å². The van der Waals surface area contributed by atoms with Gasteiger partial charge >= 0.3 is 5.97 Å². The van der Waals surface area contributed by atoms with Crippen molar-refractivity contribution < 1.29 is 19.5 Å². The number of oxime groups is 1. The van der Waals surface area contributed by atoms with Gasteiger partial charge in [-0.25, -0.2) is 0 Å². The fourth-order valence-electron chi connectivity index (χ4n) is 6.54. The molecule has 1 heterocycles. The van der Waals surface area contributed by atoms with Crippen LogP contribution < -0.4 is 0 Å². The number of carboxylic acids is 1. The van der Waals surface area contributed by atoms with Gasteiger partial charge in [0.25, 0.3) is 0 Å². The molecule has 5 heteroatoms. The van der Waals surface area contributed by atoms with Crippen molar-refractivity contribution in [3.05, 3.63) is 95.6 Å². The van der Waals surface area contributed by atoms with Gasteiger partial charge in [-0.3, -0.25) is 4.79 Å². The van der Waals surface area contributed by atoms with Crippen molar-refractivity contribution in [2.45, 2.75) is 62.6 Å². The zero-order chi connectivity index (χ0) is 25.6. The lowest BCUT2D eigenvalue weighted by Gasteiger charge is -2.25. The predicted octanol–water partition coefficient (Wildman–Crippen LogP) is 6.37. The Balaban J connectivity index is 1.17. The number of hydrogen-bond donors (Lipinski definition) is 1. The maximum atomic E-state index is 11.6. The highest BCUT2D eigenvalue weighted by Gasteiger charge is 2.76. The molecule has 1 N–H and O–H groups in total. The minimum Gasteiger partial charge on any atom is -0.481 e. The molecule has 0 spiro atoms. The second kappa shape index (κ2) is 9.14. The molecule has 3 aromatic carbocycles. The van der Waals surface area contributed by atoms with E-state index in [1.807, 2.05) is 31.4 Å². The lowest BCUT2D eigenvalue weighted by Crippen LogP contribution is -2.32. The Morgan fingerprint density at radius 2 is 1.68 bits per heavy atom. The van der Waals surface area contributed by atoms with E-state index in [9.17, 15) is 9.90 Å². The summed E-state index contributed by atoms with van der Waals surface area (Å²) in [6, 6.07) is 27.3. The Bertz CT molecular complexity index is 1310. The topological polar surface area (TPSA) is 68.1 Å². The maximum Gasteiger partial charge on any atom is 0.314 e. The van der Waals surface area contributed by atoms with Gasteiger partial charge < -0.3 is 14.7 Å². The quantitative estimate of drug-likeness (QED) is 0.355. The third-order valence-corrected chi connectivity index (χ3v) is 8.90. The first-order valence-electron chi connectivity index (χ1n) is 13.2. The second-order valence-corrected chi connectivity index (χ2v) is 10.8. The minimum atomic E-state index is -0.719. The van der Waals surface area contributed by atoms with Crippen molar-refractivity contribution in [2.75, 3.05) is 7.11 Å². The summed E-state index contributed by atoms with van der Waals surface area (Å²) < 4.78 is 6.09. The third kappa shape index (κ3) is 3.88. The van der Waals surface area contributed by atoms with E-state index in [-0.39, 0.29) is 23.5 Å². The Hall–Kier alpha value is -3.44. The van der Waals surface area contributed by atoms with E-state index in [0.29, 0.717) is 0 Å². The molecule has 2 saturated carbocycles. The van der Waals surface area contributed by atoms with E-state index in [1.54, 1.807) is 0 Å². The molecule has 3 aromatic rings. The van der Waals surface area contributed by atoms with Crippen LogP contribution in [0.2, 0.25) is 0 Å². The van der Waals surface area contributed by atoms with Crippen LogP contribution in [0.5, 0.6) is 0 Å². The number of nitrogens with zero attached hydrogens (tertiary/aromatic N) is 1. The zero-order valence-electron chi connectivity index (χ0n) is 21.4. The molecule has 4 unspecified atom stereocenters. The van der Waals surface area contributed by atoms with E-state index in [0.717, 1.165) is 54.5 Å². The first kappa shape index (κ1) is 23.9. The van der Waals surface area contributed by atoms with E-state index in [1.165, 1.54) is 11.1 Å². The second-order valence-electron chi connectivity index (χ2n) is 10.8. The molecule has 2 fully saturated rings. The molecule has 5 nitrogen and oxygen atoms in total. The lowest BCUT2D eigenvalue weighted by atomic mass is 9.85. The number of fused-ring (bicyclic) bond motifs is 1. The minimum absolute atomic E-state index is 0.0186. The highest BCUT2D eigenvalue weighted by atomic mass is 16.7. The number of hydrogen-bond acceptors (Lipinski definition) is 4. The van der Waals surface area contributed by atoms with Crippen LogP contribution in [-0.2, 0) is 26.2 Å². The van der Waals surface area contributed by atoms with Crippen molar-refractivity contribution >= 4 is 11.7 Å². The number of carbonyl (C=O) groups is 1. The first-order chi connectivity index (χ1) is 18.0. The number of aliphatic carboxylic acids is 1. The summed E-state index contributed by atoms with van der Waals surface area (Å²) in [6.45, 7) is 2.07. The molecule has 0 radical (unpaired) electrons. The number of benzene rings is 3. The number of methoxy groups -OCH3 is 1. The number of rotatable bonds is 10. The summed E-state index contributed by atoms with van der Waals surface area (Å²) in [7, 11) is 1.81. The average molecular weight is 496 g/mol. The molecule has 0 bridgehead atoms. The normalized spacial score (nSPS) is 25.5. The molecular weight excluding hydrogens is 462 g/mol. The van der Waals surface area contributed by atoms with Crippen LogP contribution in [-0.4, -0.2) is 36.1 Å². The van der Waals surface area contributed by atoms with Crippen molar-refractivity contribution in [1.29, 1.82) is 0 Å². The van der Waals surface area contributed by atoms with E-state index in [4.69, 9.17) is 9.57 Å². The number of ether oxygens (including phenoxy) is 1. The molecule has 1 aliphatic heterocycles. The molecule has 190 valence electrons. The van der Waals surface area contributed by atoms with Gasteiger partial charge in [0, 0.05) is 13.0 Å². The van der Waals surface area contributed by atoms with Crippen LogP contribution in [0.15, 0.2) is 84.0 Å². The standard InChI is InChI=1S/C32H33NO4/c1-21-32(27(36-2)10-6-9-22-7-4-3-5-8-22)28(29(32)37-33-21)25-13-11-23(12-14-25)24-15-17-26(18-16-24)31(19-20-31)30(34)35/h3-5,7-8,11-18,27-29H,6,9-10,19-20H2,1-2H3,(H,34,35). The average Bonchev–Trinajstić information content (AvgIpc) is 3.84. The van der Waals surface area contributed by atoms with Crippen molar-refractivity contribution in [3.8, 4) is 11.1 Å². The van der Waals surface area contributed by atoms with Crippen molar-refractivity contribution in [2.24, 2.45) is 10.6 Å². The van der Waals surface area contributed by atoms with Gasteiger partial charge in [-0.1, -0.05) is 84.0 Å².